The zero-order chi connectivity index (χ0) is 18.6. The molecule has 2 aromatic rings. The first kappa shape index (κ1) is 19.4. The highest BCUT2D eigenvalue weighted by molar-refractivity contribution is 8.01. The van der Waals surface area contributed by atoms with Crippen LogP contribution in [0.2, 0.25) is 0 Å². The molecular weight excluding hydrogens is 390 g/mol. The molecule has 0 radical (unpaired) electrons. The lowest BCUT2D eigenvalue weighted by molar-refractivity contribution is -0.119. The van der Waals surface area contributed by atoms with Gasteiger partial charge >= 0.3 is 0 Å². The molecule has 0 unspecified atom stereocenters. The first-order valence-corrected chi connectivity index (χ1v) is 12.4. The highest BCUT2D eigenvalue weighted by atomic mass is 32.2. The molecule has 0 spiro atoms. The molecule has 1 aliphatic rings. The molecule has 3 rings (SSSR count). The Balaban J connectivity index is 1.57. The number of thioether (sulfide) groups is 1. The lowest BCUT2D eigenvalue weighted by Crippen LogP contribution is -2.35. The minimum absolute atomic E-state index is 0.0561. The van der Waals surface area contributed by atoms with E-state index in [0.29, 0.717) is 17.5 Å². The summed E-state index contributed by atoms with van der Waals surface area (Å²) in [6.45, 7) is 0. The summed E-state index contributed by atoms with van der Waals surface area (Å²) in [6, 6.07) is 5.56. The van der Waals surface area contributed by atoms with Crippen LogP contribution in [-0.2, 0) is 14.8 Å². The molecule has 1 aliphatic carbocycles. The van der Waals surface area contributed by atoms with Gasteiger partial charge in [0.1, 0.15) is 0 Å². The number of hydrogen-bond acceptors (Lipinski definition) is 6. The Morgan fingerprint density at radius 1 is 1.27 bits per heavy atom. The van der Waals surface area contributed by atoms with Crippen molar-refractivity contribution in [1.82, 2.24) is 10.3 Å². The van der Waals surface area contributed by atoms with Gasteiger partial charge in [-0.2, -0.15) is 0 Å². The standard InChI is InChI=1S/C17H23N3O3S3/c1-26(22,23)20-13-8-9-14-15(10-13)25-17(19-14)24-11-16(21)18-12-6-4-2-3-5-7-12/h8-10,12,20H,2-7,11H2,1H3,(H,18,21). The molecule has 0 atom stereocenters. The van der Waals surface area contributed by atoms with E-state index in [2.05, 4.69) is 15.0 Å². The maximum absolute atomic E-state index is 12.2. The second-order valence-corrected chi connectivity index (χ2v) is 10.6. The first-order chi connectivity index (χ1) is 12.4. The predicted octanol–water partition coefficient (Wildman–Crippen LogP) is 3.60. The Morgan fingerprint density at radius 3 is 2.69 bits per heavy atom. The second-order valence-electron chi connectivity index (χ2n) is 6.58. The average Bonchev–Trinajstić information content (AvgIpc) is 2.78. The predicted molar refractivity (Wildman–Crippen MR) is 108 cm³/mol. The van der Waals surface area contributed by atoms with Gasteiger partial charge in [0.05, 0.1) is 27.9 Å². The number of carbonyl (C=O) groups is 1. The third kappa shape index (κ3) is 5.85. The molecule has 6 nitrogen and oxygen atoms in total. The van der Waals surface area contributed by atoms with Crippen molar-refractivity contribution in [2.24, 2.45) is 0 Å². The number of anilines is 1. The minimum Gasteiger partial charge on any atom is -0.353 e. The molecular formula is C17H23N3O3S3. The summed E-state index contributed by atoms with van der Waals surface area (Å²) in [5.41, 5.74) is 1.33. The van der Waals surface area contributed by atoms with Gasteiger partial charge in [0.2, 0.25) is 15.9 Å². The average molecular weight is 414 g/mol. The molecule has 9 heteroatoms. The van der Waals surface area contributed by atoms with Crippen LogP contribution in [0.5, 0.6) is 0 Å². The number of nitrogens with one attached hydrogen (secondary N) is 2. The number of fused-ring (bicyclic) bond motifs is 1. The van der Waals surface area contributed by atoms with E-state index >= 15 is 0 Å². The molecule has 26 heavy (non-hydrogen) atoms. The Labute approximate surface area is 162 Å². The molecule has 1 saturated carbocycles. The number of benzene rings is 1. The van der Waals surface area contributed by atoms with Crippen LogP contribution in [0.4, 0.5) is 5.69 Å². The molecule has 1 amide bonds. The number of thiazole rings is 1. The van der Waals surface area contributed by atoms with Gasteiger partial charge < -0.3 is 5.32 Å². The van der Waals surface area contributed by atoms with Crippen molar-refractivity contribution in [2.45, 2.75) is 48.9 Å². The van der Waals surface area contributed by atoms with Crippen molar-refractivity contribution < 1.29 is 13.2 Å². The van der Waals surface area contributed by atoms with E-state index in [1.165, 1.54) is 48.8 Å². The van der Waals surface area contributed by atoms with E-state index in [9.17, 15) is 13.2 Å². The zero-order valence-corrected chi connectivity index (χ0v) is 17.1. The van der Waals surface area contributed by atoms with Crippen LogP contribution >= 0.6 is 23.1 Å². The van der Waals surface area contributed by atoms with E-state index in [1.807, 2.05) is 0 Å². The SMILES string of the molecule is CS(=O)(=O)Nc1ccc2nc(SCC(=O)NC3CCCCCC3)sc2c1. The van der Waals surface area contributed by atoms with Gasteiger partial charge in [-0.3, -0.25) is 9.52 Å². The summed E-state index contributed by atoms with van der Waals surface area (Å²) in [7, 11) is -3.30. The number of nitrogens with zero attached hydrogens (tertiary/aromatic N) is 1. The van der Waals surface area contributed by atoms with E-state index in [4.69, 9.17) is 0 Å². The summed E-state index contributed by atoms with van der Waals surface area (Å²) in [6.07, 6.45) is 8.20. The van der Waals surface area contributed by atoms with E-state index < -0.39 is 10.0 Å². The number of amides is 1. The van der Waals surface area contributed by atoms with Crippen molar-refractivity contribution in [3.05, 3.63) is 18.2 Å². The monoisotopic (exact) mass is 413 g/mol. The normalized spacial score (nSPS) is 16.3. The quantitative estimate of drug-likeness (QED) is 0.558. The van der Waals surface area contributed by atoms with Gasteiger partial charge in [0.15, 0.2) is 4.34 Å². The van der Waals surface area contributed by atoms with Crippen LogP contribution in [0.3, 0.4) is 0 Å². The van der Waals surface area contributed by atoms with Crippen molar-refractivity contribution in [2.75, 3.05) is 16.7 Å². The number of aromatic nitrogens is 1. The zero-order valence-electron chi connectivity index (χ0n) is 14.7. The van der Waals surface area contributed by atoms with Gasteiger partial charge in [0, 0.05) is 6.04 Å². The van der Waals surface area contributed by atoms with Crippen molar-refractivity contribution >= 4 is 54.9 Å². The summed E-state index contributed by atoms with van der Waals surface area (Å²) < 4.78 is 26.8. The number of carbonyl (C=O) groups excluding carboxylic acids is 1. The molecule has 142 valence electrons. The van der Waals surface area contributed by atoms with Gasteiger partial charge in [-0.25, -0.2) is 13.4 Å². The highest BCUT2D eigenvalue weighted by Gasteiger charge is 2.15. The summed E-state index contributed by atoms with van der Waals surface area (Å²) in [5.74, 6) is 0.408. The van der Waals surface area contributed by atoms with Gasteiger partial charge in [-0.1, -0.05) is 37.4 Å². The lowest BCUT2D eigenvalue weighted by Gasteiger charge is -2.15. The van der Waals surface area contributed by atoms with Crippen molar-refractivity contribution in [3.8, 4) is 0 Å². The van der Waals surface area contributed by atoms with Gasteiger partial charge in [-0.05, 0) is 31.0 Å². The maximum atomic E-state index is 12.2. The third-order valence-corrected chi connectivity index (χ3v) is 6.99. The van der Waals surface area contributed by atoms with E-state index in [1.54, 1.807) is 18.2 Å². The number of hydrogen-bond donors (Lipinski definition) is 2. The smallest absolute Gasteiger partial charge is 0.230 e. The fraction of sp³-hybridized carbons (Fsp3) is 0.529. The number of rotatable bonds is 6. The van der Waals surface area contributed by atoms with Crippen LogP contribution in [0, 0.1) is 0 Å². The molecule has 1 aromatic heterocycles. The van der Waals surface area contributed by atoms with Crippen LogP contribution in [0.25, 0.3) is 10.2 Å². The van der Waals surface area contributed by atoms with Crippen molar-refractivity contribution in [1.29, 1.82) is 0 Å². The molecule has 0 aliphatic heterocycles. The van der Waals surface area contributed by atoms with Crippen LogP contribution in [0.1, 0.15) is 38.5 Å². The van der Waals surface area contributed by atoms with Crippen LogP contribution < -0.4 is 10.0 Å². The fourth-order valence-corrected chi connectivity index (χ4v) is 5.54. The maximum Gasteiger partial charge on any atom is 0.230 e. The third-order valence-electron chi connectivity index (χ3n) is 4.22. The van der Waals surface area contributed by atoms with E-state index in [-0.39, 0.29) is 5.91 Å². The molecule has 0 bridgehead atoms. The fourth-order valence-electron chi connectivity index (χ4n) is 3.06. The Morgan fingerprint density at radius 2 is 2.00 bits per heavy atom. The largest absolute Gasteiger partial charge is 0.353 e. The van der Waals surface area contributed by atoms with Gasteiger partial charge in [0.25, 0.3) is 0 Å². The molecule has 0 saturated heterocycles. The second kappa shape index (κ2) is 8.58. The first-order valence-electron chi connectivity index (χ1n) is 8.69. The minimum atomic E-state index is -3.30. The Bertz CT molecular complexity index is 872. The van der Waals surface area contributed by atoms with Crippen molar-refractivity contribution in [3.63, 3.8) is 0 Å². The highest BCUT2D eigenvalue weighted by Crippen LogP contribution is 2.31. The summed E-state index contributed by atoms with van der Waals surface area (Å²) in [4.78, 5) is 16.7. The molecule has 1 fully saturated rings. The Kier molecular flexibility index (Phi) is 6.42. The summed E-state index contributed by atoms with van der Waals surface area (Å²) in [5, 5.41) is 3.14. The van der Waals surface area contributed by atoms with E-state index in [0.717, 1.165) is 33.7 Å². The lowest BCUT2D eigenvalue weighted by atomic mass is 10.1. The van der Waals surface area contributed by atoms with Crippen LogP contribution in [0.15, 0.2) is 22.5 Å². The molecule has 2 N–H and O–H groups in total. The van der Waals surface area contributed by atoms with Crippen LogP contribution in [-0.4, -0.2) is 37.4 Å². The molecule has 1 aromatic carbocycles. The molecule has 1 heterocycles. The number of sulfonamides is 1. The topological polar surface area (TPSA) is 88.2 Å². The Hall–Kier alpha value is -1.32. The summed E-state index contributed by atoms with van der Waals surface area (Å²) >= 11 is 2.89. The van der Waals surface area contributed by atoms with Gasteiger partial charge in [-0.15, -0.1) is 11.3 Å².